The number of nitrogens with one attached hydrogen (secondary N) is 1. The van der Waals surface area contributed by atoms with Crippen LogP contribution in [0.25, 0.3) is 10.8 Å². The molecule has 0 unspecified atom stereocenters. The number of hydrogen-bond donors (Lipinski definition) is 2. The van der Waals surface area contributed by atoms with Crippen LogP contribution in [0.2, 0.25) is 0 Å². The third kappa shape index (κ3) is 3.04. The van der Waals surface area contributed by atoms with Crippen molar-refractivity contribution in [3.8, 4) is 5.75 Å². The van der Waals surface area contributed by atoms with Crippen LogP contribution in [0.3, 0.4) is 0 Å². The first-order valence-electron chi connectivity index (χ1n) is 7.82. The molecule has 3 rings (SSSR count). The normalized spacial score (nSPS) is 10.6. The van der Waals surface area contributed by atoms with E-state index in [1.807, 2.05) is 73.6 Å². The second-order valence-electron chi connectivity index (χ2n) is 5.90. The number of phenolic OH excluding ortho intramolecular Hbond substituents is 1. The molecule has 0 heterocycles. The third-order valence-corrected chi connectivity index (χ3v) is 4.02. The van der Waals surface area contributed by atoms with Gasteiger partial charge in [-0.05, 0) is 11.6 Å². The highest BCUT2D eigenvalue weighted by Gasteiger charge is 2.17. The molecule has 0 atom stereocenters. The van der Waals surface area contributed by atoms with Gasteiger partial charge >= 0.3 is 0 Å². The van der Waals surface area contributed by atoms with Crippen molar-refractivity contribution in [1.82, 2.24) is 5.32 Å². The first-order chi connectivity index (χ1) is 11.6. The zero-order chi connectivity index (χ0) is 17.1. The van der Waals surface area contributed by atoms with Crippen LogP contribution >= 0.6 is 0 Å². The average Bonchev–Trinajstić information content (AvgIpc) is 2.61. The lowest BCUT2D eigenvalue weighted by Gasteiger charge is -2.18. The molecular weight excluding hydrogens is 300 g/mol. The molecule has 0 saturated heterocycles. The van der Waals surface area contributed by atoms with Crippen molar-refractivity contribution in [2.45, 2.75) is 6.54 Å². The number of amides is 1. The molecular formula is C20H20N2O2. The maximum Gasteiger partial charge on any atom is 0.255 e. The van der Waals surface area contributed by atoms with Crippen LogP contribution in [0.5, 0.6) is 5.75 Å². The summed E-state index contributed by atoms with van der Waals surface area (Å²) in [5.41, 5.74) is 2.19. The number of anilines is 1. The summed E-state index contributed by atoms with van der Waals surface area (Å²) < 4.78 is 0. The summed E-state index contributed by atoms with van der Waals surface area (Å²) in [5, 5.41) is 15.0. The van der Waals surface area contributed by atoms with Crippen LogP contribution < -0.4 is 10.2 Å². The molecule has 0 aromatic heterocycles. The Hall–Kier alpha value is -3.01. The number of carbonyl (C=O) groups is 1. The van der Waals surface area contributed by atoms with Crippen LogP contribution in [0.15, 0.2) is 60.7 Å². The van der Waals surface area contributed by atoms with Gasteiger partial charge < -0.3 is 15.3 Å². The summed E-state index contributed by atoms with van der Waals surface area (Å²) in [5.74, 6) is -0.271. The minimum absolute atomic E-state index is 0.0155. The Bertz CT molecular complexity index is 873. The molecule has 4 heteroatoms. The van der Waals surface area contributed by atoms with Gasteiger partial charge in [0.25, 0.3) is 5.91 Å². The first-order valence-corrected chi connectivity index (χ1v) is 7.82. The lowest BCUT2D eigenvalue weighted by Crippen LogP contribution is -2.23. The monoisotopic (exact) mass is 320 g/mol. The van der Waals surface area contributed by atoms with E-state index in [9.17, 15) is 9.90 Å². The molecule has 0 radical (unpaired) electrons. The van der Waals surface area contributed by atoms with Crippen LogP contribution in [-0.2, 0) is 6.54 Å². The summed E-state index contributed by atoms with van der Waals surface area (Å²) in [6.45, 7) is 0.420. The molecule has 122 valence electrons. The molecule has 0 aliphatic heterocycles. The molecule has 0 saturated carbocycles. The smallest absolute Gasteiger partial charge is 0.255 e. The summed E-state index contributed by atoms with van der Waals surface area (Å²) in [4.78, 5) is 14.5. The zero-order valence-electron chi connectivity index (χ0n) is 13.8. The molecule has 0 spiro atoms. The lowest BCUT2D eigenvalue weighted by molar-refractivity contribution is 0.0948. The summed E-state index contributed by atoms with van der Waals surface area (Å²) in [6, 6.07) is 19.0. The van der Waals surface area contributed by atoms with Gasteiger partial charge in [0.1, 0.15) is 5.75 Å². The fourth-order valence-corrected chi connectivity index (χ4v) is 2.76. The van der Waals surface area contributed by atoms with Crippen LogP contribution in [0, 0.1) is 0 Å². The number of fused-ring (bicyclic) bond motifs is 1. The third-order valence-electron chi connectivity index (χ3n) is 4.02. The fourth-order valence-electron chi connectivity index (χ4n) is 2.76. The number of carbonyl (C=O) groups excluding carboxylic acids is 1. The number of benzene rings is 3. The summed E-state index contributed by atoms with van der Waals surface area (Å²) >= 11 is 0. The van der Waals surface area contributed by atoms with Crippen molar-refractivity contribution in [3.05, 3.63) is 71.8 Å². The first kappa shape index (κ1) is 15.9. The van der Waals surface area contributed by atoms with E-state index in [4.69, 9.17) is 0 Å². The van der Waals surface area contributed by atoms with E-state index in [-0.39, 0.29) is 17.2 Å². The van der Waals surface area contributed by atoms with Gasteiger partial charge in [0, 0.05) is 37.1 Å². The Morgan fingerprint density at radius 1 is 1.00 bits per heavy atom. The SMILES string of the molecule is CN(C)c1cc(C(=O)NCc2ccccc2)c(O)c2ccccc12. The van der Waals surface area contributed by atoms with Crippen molar-refractivity contribution < 1.29 is 9.90 Å². The van der Waals surface area contributed by atoms with Crippen LogP contribution in [0.1, 0.15) is 15.9 Å². The number of phenols is 1. The van der Waals surface area contributed by atoms with Crippen LogP contribution in [0.4, 0.5) is 5.69 Å². The van der Waals surface area contributed by atoms with E-state index in [1.165, 1.54) is 0 Å². The molecule has 3 aromatic rings. The predicted molar refractivity (Wildman–Crippen MR) is 97.6 cm³/mol. The topological polar surface area (TPSA) is 52.6 Å². The van der Waals surface area contributed by atoms with Gasteiger partial charge in [-0.25, -0.2) is 0 Å². The molecule has 24 heavy (non-hydrogen) atoms. The Morgan fingerprint density at radius 3 is 2.29 bits per heavy atom. The highest BCUT2D eigenvalue weighted by atomic mass is 16.3. The highest BCUT2D eigenvalue weighted by Crippen LogP contribution is 2.35. The van der Waals surface area contributed by atoms with Gasteiger partial charge in [0.05, 0.1) is 5.56 Å². The van der Waals surface area contributed by atoms with E-state index in [1.54, 1.807) is 6.07 Å². The van der Waals surface area contributed by atoms with E-state index in [2.05, 4.69) is 5.32 Å². The van der Waals surface area contributed by atoms with Crippen molar-refractivity contribution in [2.24, 2.45) is 0 Å². The molecule has 3 aromatic carbocycles. The molecule has 2 N–H and O–H groups in total. The standard InChI is InChI=1S/C20H20N2O2/c1-22(2)18-12-17(19(23)16-11-7-6-10-15(16)18)20(24)21-13-14-8-4-3-5-9-14/h3-12,23H,13H2,1-2H3,(H,21,24). The fraction of sp³-hybridized carbons (Fsp3) is 0.150. The number of aromatic hydroxyl groups is 1. The van der Waals surface area contributed by atoms with Gasteiger partial charge in [-0.15, -0.1) is 0 Å². The largest absolute Gasteiger partial charge is 0.506 e. The number of hydrogen-bond acceptors (Lipinski definition) is 3. The minimum atomic E-state index is -0.287. The molecule has 0 aliphatic carbocycles. The van der Waals surface area contributed by atoms with Gasteiger partial charge in [-0.1, -0.05) is 54.6 Å². The number of rotatable bonds is 4. The van der Waals surface area contributed by atoms with E-state index in [0.717, 1.165) is 16.6 Å². The number of nitrogens with zero attached hydrogens (tertiary/aromatic N) is 1. The van der Waals surface area contributed by atoms with Crippen LogP contribution in [-0.4, -0.2) is 25.1 Å². The van der Waals surface area contributed by atoms with Crippen molar-refractivity contribution in [3.63, 3.8) is 0 Å². The van der Waals surface area contributed by atoms with E-state index in [0.29, 0.717) is 11.9 Å². The molecule has 1 amide bonds. The zero-order valence-corrected chi connectivity index (χ0v) is 13.8. The van der Waals surface area contributed by atoms with Crippen molar-refractivity contribution in [2.75, 3.05) is 19.0 Å². The van der Waals surface area contributed by atoms with E-state index >= 15 is 0 Å². The second kappa shape index (κ2) is 6.62. The molecule has 0 aliphatic rings. The Morgan fingerprint density at radius 2 is 1.62 bits per heavy atom. The molecule has 0 bridgehead atoms. The quantitative estimate of drug-likeness (QED) is 0.773. The van der Waals surface area contributed by atoms with Gasteiger partial charge in [-0.2, -0.15) is 0 Å². The Labute approximate surface area is 141 Å². The Balaban J connectivity index is 1.96. The minimum Gasteiger partial charge on any atom is -0.506 e. The lowest BCUT2D eigenvalue weighted by atomic mass is 10.0. The van der Waals surface area contributed by atoms with Crippen molar-refractivity contribution in [1.29, 1.82) is 0 Å². The summed E-state index contributed by atoms with van der Waals surface area (Å²) in [7, 11) is 3.84. The average molecular weight is 320 g/mol. The maximum absolute atomic E-state index is 12.6. The highest BCUT2D eigenvalue weighted by molar-refractivity contribution is 6.08. The van der Waals surface area contributed by atoms with Gasteiger partial charge in [0.2, 0.25) is 0 Å². The van der Waals surface area contributed by atoms with Crippen molar-refractivity contribution >= 4 is 22.4 Å². The van der Waals surface area contributed by atoms with E-state index < -0.39 is 0 Å². The summed E-state index contributed by atoms with van der Waals surface area (Å²) in [6.07, 6.45) is 0. The second-order valence-corrected chi connectivity index (χ2v) is 5.90. The molecule has 0 fully saturated rings. The Kier molecular flexibility index (Phi) is 4.38. The maximum atomic E-state index is 12.6. The molecule has 4 nitrogen and oxygen atoms in total. The van der Waals surface area contributed by atoms with Gasteiger partial charge in [-0.3, -0.25) is 4.79 Å². The van der Waals surface area contributed by atoms with Gasteiger partial charge in [0.15, 0.2) is 0 Å². The predicted octanol–water partition coefficient (Wildman–Crippen LogP) is 3.54.